The van der Waals surface area contributed by atoms with Gasteiger partial charge in [-0.3, -0.25) is 4.79 Å². The van der Waals surface area contributed by atoms with Gasteiger partial charge in [0.05, 0.1) is 4.90 Å². The molecular formula is C17H21NO3S. The second-order valence-electron chi connectivity index (χ2n) is 5.74. The molecule has 0 fully saturated rings. The highest BCUT2D eigenvalue weighted by Gasteiger charge is 2.23. The van der Waals surface area contributed by atoms with Crippen LogP contribution < -0.4 is 0 Å². The molecule has 1 aromatic heterocycles. The van der Waals surface area contributed by atoms with E-state index in [9.17, 15) is 13.2 Å². The fourth-order valence-corrected chi connectivity index (χ4v) is 4.05. The van der Waals surface area contributed by atoms with Crippen LogP contribution in [0.25, 0.3) is 0 Å². The number of aryl methyl sites for hydroxylation is 1. The Morgan fingerprint density at radius 2 is 1.73 bits per heavy atom. The maximum Gasteiger partial charge on any atom is 0.185 e. The molecule has 0 amide bonds. The number of nitrogens with zero attached hydrogens (tertiary/aromatic N) is 1. The highest BCUT2D eigenvalue weighted by molar-refractivity contribution is 7.92. The van der Waals surface area contributed by atoms with E-state index in [2.05, 4.69) is 0 Å². The Balaban J connectivity index is 2.33. The summed E-state index contributed by atoms with van der Waals surface area (Å²) in [7, 11) is -3.61. The van der Waals surface area contributed by atoms with Crippen molar-refractivity contribution in [3.8, 4) is 0 Å². The Hall–Kier alpha value is -1.88. The number of Topliss-reactive ketones (excluding diaryl/α,β-unsaturated/α-hetero) is 1. The van der Waals surface area contributed by atoms with Gasteiger partial charge >= 0.3 is 0 Å². The quantitative estimate of drug-likeness (QED) is 0.794. The van der Waals surface area contributed by atoms with Crippen LogP contribution in [0.15, 0.2) is 41.3 Å². The molecule has 0 spiro atoms. The first-order valence-corrected chi connectivity index (χ1v) is 8.88. The van der Waals surface area contributed by atoms with Crippen LogP contribution in [0, 0.1) is 13.8 Å². The summed E-state index contributed by atoms with van der Waals surface area (Å²) in [6.45, 7) is 7.86. The lowest BCUT2D eigenvalue weighted by atomic mass is 10.2. The normalized spacial score (nSPS) is 11.9. The van der Waals surface area contributed by atoms with Crippen LogP contribution in [0.2, 0.25) is 0 Å². The summed E-state index contributed by atoms with van der Waals surface area (Å²) < 4.78 is 26.7. The molecular weight excluding hydrogens is 298 g/mol. The fraction of sp³-hybridized carbons (Fsp3) is 0.353. The van der Waals surface area contributed by atoms with E-state index in [1.54, 1.807) is 24.3 Å². The molecule has 0 aliphatic carbocycles. The summed E-state index contributed by atoms with van der Waals surface area (Å²) >= 11 is 0. The molecule has 5 heteroatoms. The zero-order valence-corrected chi connectivity index (χ0v) is 14.1. The second kappa shape index (κ2) is 6.08. The van der Waals surface area contributed by atoms with Crippen molar-refractivity contribution in [1.82, 2.24) is 4.57 Å². The van der Waals surface area contributed by atoms with E-state index < -0.39 is 15.6 Å². The molecule has 2 rings (SSSR count). The first-order chi connectivity index (χ1) is 10.2. The van der Waals surface area contributed by atoms with E-state index in [1.165, 1.54) is 12.1 Å². The summed E-state index contributed by atoms with van der Waals surface area (Å²) in [4.78, 5) is 12.6. The predicted molar refractivity (Wildman–Crippen MR) is 87.1 cm³/mol. The number of benzene rings is 1. The zero-order chi connectivity index (χ0) is 16.5. The van der Waals surface area contributed by atoms with Gasteiger partial charge in [-0.1, -0.05) is 18.2 Å². The van der Waals surface area contributed by atoms with E-state index in [1.807, 2.05) is 32.3 Å². The van der Waals surface area contributed by atoms with E-state index in [-0.39, 0.29) is 16.7 Å². The summed E-state index contributed by atoms with van der Waals surface area (Å²) in [6, 6.07) is 10.1. The average Bonchev–Trinajstić information content (AvgIpc) is 2.74. The van der Waals surface area contributed by atoms with E-state index in [0.29, 0.717) is 5.56 Å². The van der Waals surface area contributed by atoms with Gasteiger partial charge in [0.1, 0.15) is 5.75 Å². The van der Waals surface area contributed by atoms with Gasteiger partial charge in [0, 0.05) is 23.0 Å². The molecule has 0 unspecified atom stereocenters. The molecule has 118 valence electrons. The molecule has 0 saturated heterocycles. The highest BCUT2D eigenvalue weighted by atomic mass is 32.2. The topological polar surface area (TPSA) is 56.1 Å². The summed E-state index contributed by atoms with van der Waals surface area (Å²) in [5.74, 6) is -0.858. The van der Waals surface area contributed by atoms with Crippen LogP contribution >= 0.6 is 0 Å². The van der Waals surface area contributed by atoms with Crippen LogP contribution in [0.1, 0.15) is 41.6 Å². The third kappa shape index (κ3) is 3.14. The highest BCUT2D eigenvalue weighted by Crippen LogP contribution is 2.22. The molecule has 4 nitrogen and oxygen atoms in total. The van der Waals surface area contributed by atoms with Crippen LogP contribution in [0.4, 0.5) is 0 Å². The average molecular weight is 319 g/mol. The minimum Gasteiger partial charge on any atom is -0.346 e. The largest absolute Gasteiger partial charge is 0.346 e. The lowest BCUT2D eigenvalue weighted by Crippen LogP contribution is -2.17. The summed E-state index contributed by atoms with van der Waals surface area (Å²) in [5.41, 5.74) is 2.28. The second-order valence-corrected chi connectivity index (χ2v) is 7.73. The number of aromatic nitrogens is 1. The Bertz CT molecular complexity index is 787. The van der Waals surface area contributed by atoms with Gasteiger partial charge in [-0.15, -0.1) is 0 Å². The Labute approximate surface area is 131 Å². The van der Waals surface area contributed by atoms with Gasteiger partial charge in [-0.05, 0) is 45.9 Å². The van der Waals surface area contributed by atoms with Gasteiger partial charge in [0.2, 0.25) is 0 Å². The molecule has 1 aromatic carbocycles. The van der Waals surface area contributed by atoms with Crippen molar-refractivity contribution in [1.29, 1.82) is 0 Å². The maximum absolute atomic E-state index is 12.5. The van der Waals surface area contributed by atoms with Crippen LogP contribution in [-0.2, 0) is 9.84 Å². The number of sulfone groups is 1. The molecule has 0 saturated carbocycles. The van der Waals surface area contributed by atoms with Crippen molar-refractivity contribution < 1.29 is 13.2 Å². The van der Waals surface area contributed by atoms with Crippen molar-refractivity contribution in [3.05, 3.63) is 53.3 Å². The first-order valence-electron chi connectivity index (χ1n) is 7.23. The first kappa shape index (κ1) is 16.5. The van der Waals surface area contributed by atoms with Crippen molar-refractivity contribution in [2.24, 2.45) is 0 Å². The fourth-order valence-electron chi connectivity index (χ4n) is 2.82. The van der Waals surface area contributed by atoms with Gasteiger partial charge in [0.15, 0.2) is 15.6 Å². The summed E-state index contributed by atoms with van der Waals surface area (Å²) in [6.07, 6.45) is 0. The molecule has 0 N–H and O–H groups in total. The number of ketones is 1. The molecule has 1 heterocycles. The van der Waals surface area contributed by atoms with E-state index in [0.717, 1.165) is 11.4 Å². The van der Waals surface area contributed by atoms with Crippen molar-refractivity contribution in [2.45, 2.75) is 38.6 Å². The van der Waals surface area contributed by atoms with Crippen LogP contribution in [-0.4, -0.2) is 24.5 Å². The van der Waals surface area contributed by atoms with Crippen molar-refractivity contribution >= 4 is 15.6 Å². The third-order valence-corrected chi connectivity index (χ3v) is 5.36. The third-order valence-electron chi connectivity index (χ3n) is 3.72. The van der Waals surface area contributed by atoms with Crippen LogP contribution in [0.5, 0.6) is 0 Å². The Morgan fingerprint density at radius 1 is 1.14 bits per heavy atom. The Morgan fingerprint density at radius 3 is 2.23 bits per heavy atom. The van der Waals surface area contributed by atoms with E-state index >= 15 is 0 Å². The minimum absolute atomic E-state index is 0.181. The molecule has 0 aliphatic heterocycles. The lowest BCUT2D eigenvalue weighted by molar-refractivity contribution is 0.102. The van der Waals surface area contributed by atoms with Gasteiger partial charge < -0.3 is 4.57 Å². The van der Waals surface area contributed by atoms with Gasteiger partial charge in [0.25, 0.3) is 0 Å². The van der Waals surface area contributed by atoms with Gasteiger partial charge in [-0.25, -0.2) is 8.42 Å². The zero-order valence-electron chi connectivity index (χ0n) is 13.3. The van der Waals surface area contributed by atoms with Gasteiger partial charge in [-0.2, -0.15) is 0 Å². The smallest absolute Gasteiger partial charge is 0.185 e. The SMILES string of the molecule is Cc1cc(C(=O)CS(=O)(=O)c2ccccc2)c(C)n1C(C)C. The summed E-state index contributed by atoms with van der Waals surface area (Å²) in [5, 5.41) is 0. The Kier molecular flexibility index (Phi) is 4.56. The van der Waals surface area contributed by atoms with Crippen molar-refractivity contribution in [3.63, 3.8) is 0 Å². The molecule has 0 bridgehead atoms. The maximum atomic E-state index is 12.5. The number of hydrogen-bond donors (Lipinski definition) is 0. The lowest BCUT2D eigenvalue weighted by Gasteiger charge is -2.13. The number of carbonyl (C=O) groups is 1. The molecule has 22 heavy (non-hydrogen) atoms. The predicted octanol–water partition coefficient (Wildman–Crippen LogP) is 3.34. The minimum atomic E-state index is -3.61. The number of hydrogen-bond acceptors (Lipinski definition) is 3. The monoisotopic (exact) mass is 319 g/mol. The molecule has 2 aromatic rings. The van der Waals surface area contributed by atoms with Crippen LogP contribution in [0.3, 0.4) is 0 Å². The molecule has 0 atom stereocenters. The molecule has 0 radical (unpaired) electrons. The molecule has 0 aliphatic rings. The van der Waals surface area contributed by atoms with Crippen molar-refractivity contribution in [2.75, 3.05) is 5.75 Å². The number of carbonyl (C=O) groups excluding carboxylic acids is 1. The standard InChI is InChI=1S/C17H21NO3S/c1-12(2)18-13(3)10-16(14(18)4)17(19)11-22(20,21)15-8-6-5-7-9-15/h5-10,12H,11H2,1-4H3. The van der Waals surface area contributed by atoms with E-state index in [4.69, 9.17) is 0 Å². The number of rotatable bonds is 5.